The number of halogens is 1. The second-order valence-electron chi connectivity index (χ2n) is 7.58. The Labute approximate surface area is 201 Å². The van der Waals surface area contributed by atoms with Crippen LogP contribution in [-0.2, 0) is 11.3 Å². The molecule has 0 saturated heterocycles. The summed E-state index contributed by atoms with van der Waals surface area (Å²) in [5.74, 6) is 1.74. The molecule has 0 aliphatic heterocycles. The lowest BCUT2D eigenvalue weighted by molar-refractivity contribution is 0.110. The molecule has 0 heterocycles. The molecule has 1 aromatic rings. The van der Waals surface area contributed by atoms with E-state index in [1.54, 1.807) is 0 Å². The van der Waals surface area contributed by atoms with E-state index in [2.05, 4.69) is 59.7 Å². The average Bonchev–Trinajstić information content (AvgIpc) is 2.70. The quantitative estimate of drug-likeness (QED) is 0.153. The van der Waals surface area contributed by atoms with E-state index < -0.39 is 0 Å². The number of hydrogen-bond donors (Lipinski definition) is 2. The van der Waals surface area contributed by atoms with E-state index >= 15 is 0 Å². The number of benzene rings is 1. The number of guanidine groups is 1. The Kier molecular flexibility index (Phi) is 18.0. The lowest BCUT2D eigenvalue weighted by atomic mass is 10.1. The highest BCUT2D eigenvalue weighted by Crippen LogP contribution is 2.20. The van der Waals surface area contributed by atoms with Gasteiger partial charge in [0, 0.05) is 32.3 Å². The SMILES string of the molecule is CCOCCOc1cc(C)ccc1CNC(=NC)NCCCCCCCN(C)C.I. The summed E-state index contributed by atoms with van der Waals surface area (Å²) in [7, 11) is 6.08. The number of ether oxygens (including phenoxy) is 2. The molecule has 0 atom stereocenters. The van der Waals surface area contributed by atoms with Crippen LogP contribution in [0.3, 0.4) is 0 Å². The number of hydrogen-bond acceptors (Lipinski definition) is 4. The van der Waals surface area contributed by atoms with Crippen molar-refractivity contribution in [2.24, 2.45) is 4.99 Å². The second-order valence-corrected chi connectivity index (χ2v) is 7.58. The molecular formula is C23H43IN4O2. The predicted molar refractivity (Wildman–Crippen MR) is 138 cm³/mol. The molecule has 1 rings (SSSR count). The normalized spacial score (nSPS) is 11.3. The molecule has 0 fully saturated rings. The lowest BCUT2D eigenvalue weighted by Gasteiger charge is -2.15. The van der Waals surface area contributed by atoms with Gasteiger partial charge in [-0.1, -0.05) is 31.4 Å². The molecule has 0 spiro atoms. The molecule has 174 valence electrons. The van der Waals surface area contributed by atoms with Crippen LogP contribution in [0.15, 0.2) is 23.2 Å². The molecule has 0 radical (unpaired) electrons. The van der Waals surface area contributed by atoms with Crippen LogP contribution < -0.4 is 15.4 Å². The summed E-state index contributed by atoms with van der Waals surface area (Å²) < 4.78 is 11.3. The molecule has 0 saturated carbocycles. The highest BCUT2D eigenvalue weighted by Gasteiger charge is 2.06. The van der Waals surface area contributed by atoms with Crippen LogP contribution in [-0.4, -0.2) is 64.9 Å². The second kappa shape index (κ2) is 18.7. The number of nitrogens with one attached hydrogen (secondary N) is 2. The van der Waals surface area contributed by atoms with Crippen LogP contribution in [0.5, 0.6) is 5.75 Å². The zero-order chi connectivity index (χ0) is 21.3. The van der Waals surface area contributed by atoms with Gasteiger partial charge in [0.25, 0.3) is 0 Å². The molecule has 2 N–H and O–H groups in total. The molecule has 30 heavy (non-hydrogen) atoms. The fourth-order valence-electron chi connectivity index (χ4n) is 2.99. The van der Waals surface area contributed by atoms with E-state index in [-0.39, 0.29) is 24.0 Å². The zero-order valence-corrected chi connectivity index (χ0v) is 22.0. The van der Waals surface area contributed by atoms with Gasteiger partial charge in [-0.2, -0.15) is 0 Å². The van der Waals surface area contributed by atoms with Crippen LogP contribution >= 0.6 is 24.0 Å². The lowest BCUT2D eigenvalue weighted by Crippen LogP contribution is -2.37. The minimum absolute atomic E-state index is 0. The van der Waals surface area contributed by atoms with Crippen molar-refractivity contribution >= 4 is 29.9 Å². The van der Waals surface area contributed by atoms with Gasteiger partial charge < -0.3 is 25.0 Å². The first kappa shape index (κ1) is 28.9. The minimum atomic E-state index is 0. The summed E-state index contributed by atoms with van der Waals surface area (Å²) >= 11 is 0. The Morgan fingerprint density at radius 1 is 1.03 bits per heavy atom. The topological polar surface area (TPSA) is 58.1 Å². The molecule has 0 aromatic heterocycles. The number of unbranched alkanes of at least 4 members (excludes halogenated alkanes) is 4. The van der Waals surface area contributed by atoms with Crippen molar-refractivity contribution < 1.29 is 9.47 Å². The summed E-state index contributed by atoms with van der Waals surface area (Å²) in [4.78, 5) is 6.58. The van der Waals surface area contributed by atoms with Crippen LogP contribution in [0.2, 0.25) is 0 Å². The summed E-state index contributed by atoms with van der Waals surface area (Å²) in [5, 5.41) is 6.80. The van der Waals surface area contributed by atoms with Gasteiger partial charge in [0.2, 0.25) is 0 Å². The summed E-state index contributed by atoms with van der Waals surface area (Å²) in [5.41, 5.74) is 2.31. The van der Waals surface area contributed by atoms with Crippen molar-refractivity contribution in [2.75, 3.05) is 54.1 Å². The smallest absolute Gasteiger partial charge is 0.191 e. The Balaban J connectivity index is 0.00000841. The van der Waals surface area contributed by atoms with Gasteiger partial charge in [-0.05, 0) is 59.0 Å². The van der Waals surface area contributed by atoms with Crippen molar-refractivity contribution in [3.63, 3.8) is 0 Å². The van der Waals surface area contributed by atoms with Gasteiger partial charge >= 0.3 is 0 Å². The van der Waals surface area contributed by atoms with Crippen molar-refractivity contribution in [1.82, 2.24) is 15.5 Å². The van der Waals surface area contributed by atoms with Crippen LogP contribution in [0.4, 0.5) is 0 Å². The van der Waals surface area contributed by atoms with E-state index in [1.165, 1.54) is 44.2 Å². The van der Waals surface area contributed by atoms with Gasteiger partial charge in [0.15, 0.2) is 5.96 Å². The third-order valence-corrected chi connectivity index (χ3v) is 4.66. The Morgan fingerprint density at radius 2 is 1.77 bits per heavy atom. The van der Waals surface area contributed by atoms with Gasteiger partial charge in [0.1, 0.15) is 12.4 Å². The van der Waals surface area contributed by atoms with E-state index in [0.717, 1.165) is 23.8 Å². The molecule has 0 bridgehead atoms. The highest BCUT2D eigenvalue weighted by atomic mass is 127. The maximum absolute atomic E-state index is 5.92. The molecule has 0 aliphatic rings. The van der Waals surface area contributed by atoms with E-state index in [1.807, 2.05) is 14.0 Å². The van der Waals surface area contributed by atoms with Crippen molar-refractivity contribution in [3.05, 3.63) is 29.3 Å². The first-order valence-corrected chi connectivity index (χ1v) is 11.0. The third-order valence-electron chi connectivity index (χ3n) is 4.66. The van der Waals surface area contributed by atoms with Crippen molar-refractivity contribution in [2.45, 2.75) is 52.5 Å². The van der Waals surface area contributed by atoms with Gasteiger partial charge in [-0.3, -0.25) is 4.99 Å². The molecule has 0 amide bonds. The molecule has 6 nitrogen and oxygen atoms in total. The number of aliphatic imine (C=N–C) groups is 1. The monoisotopic (exact) mass is 534 g/mol. The standard InChI is InChI=1S/C23H42N4O2.HI/c1-6-28-16-17-29-22-18-20(2)12-13-21(22)19-26-23(24-3)25-14-10-8-7-9-11-15-27(4)5;/h12-13,18H,6-11,14-17,19H2,1-5H3,(H2,24,25,26);1H. The van der Waals surface area contributed by atoms with Crippen LogP contribution in [0, 0.1) is 6.92 Å². The molecular weight excluding hydrogens is 491 g/mol. The van der Waals surface area contributed by atoms with Gasteiger partial charge in [-0.25, -0.2) is 0 Å². The Bertz CT molecular complexity index is 582. The maximum atomic E-state index is 5.92. The van der Waals surface area contributed by atoms with Gasteiger partial charge in [0.05, 0.1) is 6.61 Å². The Morgan fingerprint density at radius 3 is 2.47 bits per heavy atom. The Hall–Kier alpha value is -1.06. The molecule has 0 aliphatic carbocycles. The fraction of sp³-hybridized carbons (Fsp3) is 0.696. The molecule has 1 aromatic carbocycles. The summed E-state index contributed by atoms with van der Waals surface area (Å²) in [6.07, 6.45) is 6.32. The number of nitrogens with zero attached hydrogens (tertiary/aromatic N) is 2. The van der Waals surface area contributed by atoms with E-state index in [4.69, 9.17) is 9.47 Å². The average molecular weight is 535 g/mol. The summed E-state index contributed by atoms with van der Waals surface area (Å²) in [6, 6.07) is 6.30. The fourth-order valence-corrected chi connectivity index (χ4v) is 2.99. The highest BCUT2D eigenvalue weighted by molar-refractivity contribution is 14.0. The number of aryl methyl sites for hydroxylation is 1. The largest absolute Gasteiger partial charge is 0.491 e. The van der Waals surface area contributed by atoms with Crippen LogP contribution in [0.25, 0.3) is 0 Å². The van der Waals surface area contributed by atoms with Crippen molar-refractivity contribution in [1.29, 1.82) is 0 Å². The maximum Gasteiger partial charge on any atom is 0.191 e. The third kappa shape index (κ3) is 14.0. The van der Waals surface area contributed by atoms with Crippen LogP contribution in [0.1, 0.15) is 50.2 Å². The zero-order valence-electron chi connectivity index (χ0n) is 19.6. The molecule has 0 unspecified atom stereocenters. The molecule has 7 heteroatoms. The number of rotatable bonds is 15. The minimum Gasteiger partial charge on any atom is -0.491 e. The van der Waals surface area contributed by atoms with Crippen molar-refractivity contribution in [3.8, 4) is 5.75 Å². The summed E-state index contributed by atoms with van der Waals surface area (Å²) in [6.45, 7) is 8.75. The first-order valence-electron chi connectivity index (χ1n) is 11.0. The van der Waals surface area contributed by atoms with Gasteiger partial charge in [-0.15, -0.1) is 24.0 Å². The van der Waals surface area contributed by atoms with E-state index in [9.17, 15) is 0 Å². The first-order chi connectivity index (χ1) is 14.1. The van der Waals surface area contributed by atoms with E-state index in [0.29, 0.717) is 26.4 Å². The predicted octanol–water partition coefficient (Wildman–Crippen LogP) is 4.21.